The molecule has 0 saturated carbocycles. The first-order chi connectivity index (χ1) is 12.4. The van der Waals surface area contributed by atoms with Crippen LogP contribution in [0.5, 0.6) is 0 Å². The second-order valence-electron chi connectivity index (χ2n) is 5.52. The number of nitrogens with one attached hydrogen (secondary N) is 1. The van der Waals surface area contributed by atoms with E-state index in [9.17, 15) is 14.4 Å². The molecule has 0 unspecified atom stereocenters. The number of ether oxygens (including phenoxy) is 2. The summed E-state index contributed by atoms with van der Waals surface area (Å²) in [6.45, 7) is 1.98. The third kappa shape index (κ3) is 5.04. The quantitative estimate of drug-likeness (QED) is 0.659. The summed E-state index contributed by atoms with van der Waals surface area (Å²) in [6, 6.07) is 11.9. The van der Waals surface area contributed by atoms with Crippen molar-refractivity contribution in [2.75, 3.05) is 19.5 Å². The first-order valence-electron chi connectivity index (χ1n) is 7.80. The van der Waals surface area contributed by atoms with Crippen LogP contribution in [-0.4, -0.2) is 32.1 Å². The van der Waals surface area contributed by atoms with Crippen LogP contribution in [0.15, 0.2) is 48.5 Å². The van der Waals surface area contributed by atoms with Gasteiger partial charge in [0.25, 0.3) is 0 Å². The summed E-state index contributed by atoms with van der Waals surface area (Å²) in [6.07, 6.45) is 3.04. The lowest BCUT2D eigenvalue weighted by atomic mass is 10.1. The predicted molar refractivity (Wildman–Crippen MR) is 98.0 cm³/mol. The number of rotatable bonds is 5. The molecule has 2 aromatic rings. The third-order valence-electron chi connectivity index (χ3n) is 3.55. The van der Waals surface area contributed by atoms with Crippen LogP contribution in [0.25, 0.3) is 6.08 Å². The van der Waals surface area contributed by atoms with Crippen LogP contribution in [0.2, 0.25) is 0 Å². The minimum Gasteiger partial charge on any atom is -0.465 e. The number of amides is 1. The number of aryl methyl sites for hydroxylation is 1. The molecule has 0 atom stereocenters. The number of methoxy groups -OCH3 is 2. The monoisotopic (exact) mass is 353 g/mol. The third-order valence-corrected chi connectivity index (χ3v) is 3.55. The smallest absolute Gasteiger partial charge is 0.337 e. The molecule has 6 nitrogen and oxygen atoms in total. The van der Waals surface area contributed by atoms with E-state index in [-0.39, 0.29) is 16.8 Å². The van der Waals surface area contributed by atoms with Gasteiger partial charge in [-0.1, -0.05) is 29.8 Å². The van der Waals surface area contributed by atoms with E-state index in [0.717, 1.165) is 11.1 Å². The van der Waals surface area contributed by atoms with E-state index in [4.69, 9.17) is 0 Å². The van der Waals surface area contributed by atoms with Crippen LogP contribution in [0.4, 0.5) is 5.69 Å². The van der Waals surface area contributed by atoms with Gasteiger partial charge in [-0.2, -0.15) is 0 Å². The van der Waals surface area contributed by atoms with Gasteiger partial charge in [-0.25, -0.2) is 9.59 Å². The maximum atomic E-state index is 12.1. The van der Waals surface area contributed by atoms with Crippen LogP contribution in [0.3, 0.4) is 0 Å². The highest BCUT2D eigenvalue weighted by Gasteiger charge is 2.14. The van der Waals surface area contributed by atoms with Gasteiger partial charge in [0.15, 0.2) is 0 Å². The Balaban J connectivity index is 2.21. The molecular formula is C20H19NO5. The summed E-state index contributed by atoms with van der Waals surface area (Å²) in [5.74, 6) is -1.65. The molecule has 6 heteroatoms. The Labute approximate surface area is 151 Å². The topological polar surface area (TPSA) is 81.7 Å². The second-order valence-corrected chi connectivity index (χ2v) is 5.52. The van der Waals surface area contributed by atoms with Crippen molar-refractivity contribution in [3.8, 4) is 0 Å². The summed E-state index contributed by atoms with van der Waals surface area (Å²) in [5, 5.41) is 2.62. The van der Waals surface area contributed by atoms with Gasteiger partial charge in [0, 0.05) is 11.8 Å². The number of esters is 2. The number of anilines is 1. The molecule has 2 rings (SSSR count). The van der Waals surface area contributed by atoms with Crippen molar-refractivity contribution in [3.05, 3.63) is 70.8 Å². The molecule has 0 spiro atoms. The summed E-state index contributed by atoms with van der Waals surface area (Å²) >= 11 is 0. The molecule has 0 saturated heterocycles. The van der Waals surface area contributed by atoms with E-state index in [1.807, 2.05) is 31.2 Å². The Hall–Kier alpha value is -3.41. The maximum Gasteiger partial charge on any atom is 0.337 e. The van der Waals surface area contributed by atoms with E-state index in [1.165, 1.54) is 38.5 Å². The van der Waals surface area contributed by atoms with Gasteiger partial charge in [-0.15, -0.1) is 0 Å². The van der Waals surface area contributed by atoms with E-state index in [0.29, 0.717) is 0 Å². The number of carbonyl (C=O) groups is 3. The molecule has 1 N–H and O–H groups in total. The number of benzene rings is 2. The zero-order valence-electron chi connectivity index (χ0n) is 14.7. The predicted octanol–water partition coefficient (Wildman–Crippen LogP) is 3.22. The van der Waals surface area contributed by atoms with Crippen LogP contribution in [0, 0.1) is 6.92 Å². The standard InChI is InChI=1S/C20H19NO5/c1-13-4-6-14(7-5-13)8-9-18(22)21-17-11-15(19(23)25-2)10-16(12-17)20(24)26-3/h4-12H,1-3H3,(H,21,22). The highest BCUT2D eigenvalue weighted by molar-refractivity contribution is 6.04. The molecule has 0 aliphatic heterocycles. The molecule has 0 bridgehead atoms. The molecule has 2 aromatic carbocycles. The molecule has 0 aromatic heterocycles. The van der Waals surface area contributed by atoms with Gasteiger partial charge in [-0.05, 0) is 36.8 Å². The van der Waals surface area contributed by atoms with E-state index < -0.39 is 17.8 Å². The SMILES string of the molecule is COC(=O)c1cc(NC(=O)C=Cc2ccc(C)cc2)cc(C(=O)OC)c1. The van der Waals surface area contributed by atoms with Crippen LogP contribution in [0.1, 0.15) is 31.8 Å². The van der Waals surface area contributed by atoms with Gasteiger partial charge in [0.1, 0.15) is 0 Å². The molecule has 26 heavy (non-hydrogen) atoms. The lowest BCUT2D eigenvalue weighted by Gasteiger charge is -2.08. The molecule has 0 radical (unpaired) electrons. The average molecular weight is 353 g/mol. The normalized spacial score (nSPS) is 10.4. The van der Waals surface area contributed by atoms with Crippen molar-refractivity contribution >= 4 is 29.6 Å². The van der Waals surface area contributed by atoms with Crippen molar-refractivity contribution in [1.82, 2.24) is 0 Å². The number of carbonyl (C=O) groups excluding carboxylic acids is 3. The Morgan fingerprint density at radius 3 is 1.92 bits per heavy atom. The van der Waals surface area contributed by atoms with Crippen LogP contribution >= 0.6 is 0 Å². The highest BCUT2D eigenvalue weighted by atomic mass is 16.5. The maximum absolute atomic E-state index is 12.1. The van der Waals surface area contributed by atoms with E-state index >= 15 is 0 Å². The van der Waals surface area contributed by atoms with Gasteiger partial charge < -0.3 is 14.8 Å². The molecule has 1 amide bonds. The summed E-state index contributed by atoms with van der Waals surface area (Å²) in [4.78, 5) is 35.6. The second kappa shape index (κ2) is 8.62. The first kappa shape index (κ1) is 18.9. The largest absolute Gasteiger partial charge is 0.465 e. The Morgan fingerprint density at radius 1 is 0.885 bits per heavy atom. The fourth-order valence-corrected chi connectivity index (χ4v) is 2.20. The lowest BCUT2D eigenvalue weighted by Crippen LogP contribution is -2.12. The van der Waals surface area contributed by atoms with Crippen molar-refractivity contribution in [1.29, 1.82) is 0 Å². The summed E-state index contributed by atoms with van der Waals surface area (Å²) < 4.78 is 9.32. The highest BCUT2D eigenvalue weighted by Crippen LogP contribution is 2.17. The summed E-state index contributed by atoms with van der Waals surface area (Å²) in [7, 11) is 2.46. The van der Waals surface area contributed by atoms with E-state index in [1.54, 1.807) is 6.08 Å². The number of hydrogen-bond acceptors (Lipinski definition) is 5. The van der Waals surface area contributed by atoms with E-state index in [2.05, 4.69) is 14.8 Å². The molecule has 0 fully saturated rings. The van der Waals surface area contributed by atoms with Crippen LogP contribution in [-0.2, 0) is 14.3 Å². The van der Waals surface area contributed by atoms with Gasteiger partial charge >= 0.3 is 11.9 Å². The molecule has 0 heterocycles. The molecule has 0 aliphatic carbocycles. The molecular weight excluding hydrogens is 334 g/mol. The van der Waals surface area contributed by atoms with Crippen molar-refractivity contribution < 1.29 is 23.9 Å². The number of hydrogen-bond donors (Lipinski definition) is 1. The fraction of sp³-hybridized carbons (Fsp3) is 0.150. The van der Waals surface area contributed by atoms with Crippen molar-refractivity contribution in [2.24, 2.45) is 0 Å². The van der Waals surface area contributed by atoms with Crippen molar-refractivity contribution in [2.45, 2.75) is 6.92 Å². The molecule has 134 valence electrons. The first-order valence-corrected chi connectivity index (χ1v) is 7.80. The minimum atomic E-state index is -0.624. The van der Waals surface area contributed by atoms with Gasteiger partial charge in [-0.3, -0.25) is 4.79 Å². The van der Waals surface area contributed by atoms with Gasteiger partial charge in [0.05, 0.1) is 25.3 Å². The Bertz CT molecular complexity index is 819. The average Bonchev–Trinajstić information content (AvgIpc) is 2.65. The fourth-order valence-electron chi connectivity index (χ4n) is 2.20. The zero-order valence-corrected chi connectivity index (χ0v) is 14.7. The van der Waals surface area contributed by atoms with Crippen LogP contribution < -0.4 is 5.32 Å². The zero-order chi connectivity index (χ0) is 19.1. The lowest BCUT2D eigenvalue weighted by molar-refractivity contribution is -0.111. The van der Waals surface area contributed by atoms with Crippen molar-refractivity contribution in [3.63, 3.8) is 0 Å². The van der Waals surface area contributed by atoms with Gasteiger partial charge in [0.2, 0.25) is 5.91 Å². The Morgan fingerprint density at radius 2 is 1.42 bits per heavy atom. The minimum absolute atomic E-state index is 0.133. The summed E-state index contributed by atoms with van der Waals surface area (Å²) in [5.41, 5.74) is 2.55. The Kier molecular flexibility index (Phi) is 6.27. The molecule has 0 aliphatic rings.